The molecule has 0 aromatic rings. The zero-order valence-electron chi connectivity index (χ0n) is 10.8. The molecule has 1 unspecified atom stereocenters. The van der Waals surface area contributed by atoms with Gasteiger partial charge in [0.15, 0.2) is 5.96 Å². The predicted octanol–water partition coefficient (Wildman–Crippen LogP) is -1.42. The second-order valence-electron chi connectivity index (χ2n) is 4.17. The Morgan fingerprint density at radius 2 is 2.00 bits per heavy atom. The Morgan fingerprint density at radius 1 is 1.42 bits per heavy atom. The molecule has 1 atom stereocenters. The molecule has 0 aliphatic rings. The van der Waals surface area contributed by atoms with E-state index in [4.69, 9.17) is 26.3 Å². The van der Waals surface area contributed by atoms with Gasteiger partial charge in [-0.2, -0.15) is 0 Å². The Morgan fingerprint density at radius 3 is 2.42 bits per heavy atom. The number of aliphatic carboxylic acids is 1. The first kappa shape index (κ1) is 20.3. The summed E-state index contributed by atoms with van der Waals surface area (Å²) in [5.41, 5.74) is 4.28. The van der Waals surface area contributed by atoms with Crippen molar-refractivity contribution >= 4 is 31.5 Å². The van der Waals surface area contributed by atoms with E-state index in [0.29, 0.717) is 12.8 Å². The van der Waals surface area contributed by atoms with Gasteiger partial charge < -0.3 is 31.5 Å². The van der Waals surface area contributed by atoms with Crippen LogP contribution < -0.4 is 16.4 Å². The number of hydrogen-bond acceptors (Lipinski definition) is 5. The second-order valence-corrected chi connectivity index (χ2v) is 4.17. The number of guanidine groups is 1. The molecule has 8 nitrogen and oxygen atoms in total. The molecule has 19 heavy (non-hydrogen) atoms. The van der Waals surface area contributed by atoms with Crippen LogP contribution in [0.3, 0.4) is 0 Å². The number of rotatable bonds is 8. The first-order chi connectivity index (χ1) is 8.31. The maximum atomic E-state index is 11.1. The number of nitrogens with one attached hydrogen (secondary N) is 3. The molecule has 0 aromatic carbocycles. The first-order valence-corrected chi connectivity index (χ1v) is 5.70. The van der Waals surface area contributed by atoms with Gasteiger partial charge in [-0.25, -0.2) is 0 Å². The van der Waals surface area contributed by atoms with E-state index in [-0.39, 0.29) is 37.7 Å². The minimum atomic E-state index is -1.47. The van der Waals surface area contributed by atoms with Crippen LogP contribution in [0.5, 0.6) is 0 Å². The largest absolute Gasteiger partial charge is 0.480 e. The van der Waals surface area contributed by atoms with Gasteiger partial charge in [0, 0.05) is 13.6 Å². The molecule has 10 heteroatoms. The fourth-order valence-electron chi connectivity index (χ4n) is 1.37. The SMILES string of the molecule is CNC(=N)NCC(N)(CCCCB(O)O)C(=O)O.Cl. The molecule has 0 radical (unpaired) electrons. The van der Waals surface area contributed by atoms with E-state index in [1.807, 2.05) is 0 Å². The Hall–Kier alpha value is -1.03. The van der Waals surface area contributed by atoms with Crippen molar-refractivity contribution in [1.82, 2.24) is 10.6 Å². The second kappa shape index (κ2) is 9.85. The maximum absolute atomic E-state index is 11.1. The molecule has 0 aliphatic carbocycles. The highest BCUT2D eigenvalue weighted by molar-refractivity contribution is 6.40. The van der Waals surface area contributed by atoms with Crippen LogP contribution in [-0.2, 0) is 4.79 Å². The summed E-state index contributed by atoms with van der Waals surface area (Å²) in [6.07, 6.45) is 1.33. The van der Waals surface area contributed by atoms with Crippen LogP contribution in [0.2, 0.25) is 6.32 Å². The lowest BCUT2D eigenvalue weighted by atomic mass is 9.82. The molecule has 0 aliphatic heterocycles. The van der Waals surface area contributed by atoms with Gasteiger partial charge in [-0.15, -0.1) is 12.4 Å². The summed E-state index contributed by atoms with van der Waals surface area (Å²) in [7, 11) is 0.161. The summed E-state index contributed by atoms with van der Waals surface area (Å²) in [5, 5.41) is 38.8. The van der Waals surface area contributed by atoms with Crippen LogP contribution in [0.4, 0.5) is 0 Å². The average molecular weight is 297 g/mol. The number of carboxylic acid groups (broad SMARTS) is 1. The van der Waals surface area contributed by atoms with Gasteiger partial charge in [0.25, 0.3) is 0 Å². The smallest absolute Gasteiger partial charge is 0.451 e. The summed E-state index contributed by atoms with van der Waals surface area (Å²) in [5.74, 6) is -1.15. The Labute approximate surface area is 118 Å². The van der Waals surface area contributed by atoms with Crippen molar-refractivity contribution in [2.75, 3.05) is 13.6 Å². The fourth-order valence-corrected chi connectivity index (χ4v) is 1.37. The van der Waals surface area contributed by atoms with Crippen molar-refractivity contribution < 1.29 is 19.9 Å². The van der Waals surface area contributed by atoms with E-state index in [0.717, 1.165) is 0 Å². The van der Waals surface area contributed by atoms with Gasteiger partial charge in [0.1, 0.15) is 5.54 Å². The molecule has 0 aromatic heterocycles. The molecular formula is C9H22BClN4O4. The van der Waals surface area contributed by atoms with Gasteiger partial charge in [0.2, 0.25) is 0 Å². The molecule has 0 rings (SSSR count). The van der Waals surface area contributed by atoms with Gasteiger partial charge in [-0.3, -0.25) is 10.2 Å². The summed E-state index contributed by atoms with van der Waals surface area (Å²) >= 11 is 0. The van der Waals surface area contributed by atoms with Crippen LogP contribution >= 0.6 is 12.4 Å². The third-order valence-electron chi connectivity index (χ3n) is 2.59. The van der Waals surface area contributed by atoms with Crippen molar-refractivity contribution in [3.8, 4) is 0 Å². The van der Waals surface area contributed by atoms with Gasteiger partial charge in [-0.1, -0.05) is 12.8 Å². The van der Waals surface area contributed by atoms with Crippen LogP contribution in [-0.4, -0.2) is 53.3 Å². The molecule has 0 spiro atoms. The zero-order valence-corrected chi connectivity index (χ0v) is 11.7. The highest BCUT2D eigenvalue weighted by Crippen LogP contribution is 2.13. The number of unbranched alkanes of at least 4 members (excludes halogenated alkanes) is 1. The van der Waals surface area contributed by atoms with E-state index in [1.54, 1.807) is 0 Å². The maximum Gasteiger partial charge on any atom is 0.451 e. The topological polar surface area (TPSA) is 152 Å². The van der Waals surface area contributed by atoms with E-state index >= 15 is 0 Å². The zero-order chi connectivity index (χ0) is 14.2. The van der Waals surface area contributed by atoms with E-state index in [2.05, 4.69) is 10.6 Å². The van der Waals surface area contributed by atoms with E-state index in [9.17, 15) is 4.79 Å². The summed E-state index contributed by atoms with van der Waals surface area (Å²) < 4.78 is 0. The van der Waals surface area contributed by atoms with Crippen molar-refractivity contribution in [3.05, 3.63) is 0 Å². The number of nitrogens with two attached hydrogens (primary N) is 1. The van der Waals surface area contributed by atoms with Crippen LogP contribution in [0.15, 0.2) is 0 Å². The third kappa shape index (κ3) is 8.65. The fraction of sp³-hybridized carbons (Fsp3) is 0.778. The highest BCUT2D eigenvalue weighted by Gasteiger charge is 2.33. The Kier molecular flexibility index (Phi) is 10.5. The molecule has 0 fully saturated rings. The van der Waals surface area contributed by atoms with E-state index < -0.39 is 18.6 Å². The van der Waals surface area contributed by atoms with Crippen molar-refractivity contribution in [2.45, 2.75) is 31.1 Å². The minimum Gasteiger partial charge on any atom is -0.480 e. The van der Waals surface area contributed by atoms with Crippen LogP contribution in [0.1, 0.15) is 19.3 Å². The Bertz CT molecular complexity index is 295. The minimum absolute atomic E-state index is 0. The summed E-state index contributed by atoms with van der Waals surface area (Å²) in [6, 6.07) is 0. The molecule has 0 bridgehead atoms. The quantitative estimate of drug-likeness (QED) is 0.126. The molecule has 0 heterocycles. The lowest BCUT2D eigenvalue weighted by Gasteiger charge is -2.25. The molecule has 112 valence electrons. The molecule has 0 saturated carbocycles. The molecule has 8 N–H and O–H groups in total. The number of halogens is 1. The summed E-state index contributed by atoms with van der Waals surface area (Å²) in [6.45, 7) is -0.0658. The van der Waals surface area contributed by atoms with Crippen molar-refractivity contribution in [2.24, 2.45) is 5.73 Å². The van der Waals surface area contributed by atoms with E-state index in [1.165, 1.54) is 7.05 Å². The van der Waals surface area contributed by atoms with Crippen LogP contribution in [0.25, 0.3) is 0 Å². The average Bonchev–Trinajstić information content (AvgIpc) is 2.31. The van der Waals surface area contributed by atoms with Crippen molar-refractivity contribution in [3.63, 3.8) is 0 Å². The standard InChI is InChI=1S/C9H21BN4O4.ClH/c1-13-8(11)14-6-9(12,7(15)16)4-2-3-5-10(17)18;/h17-18H,2-6,12H2,1H3,(H,15,16)(H3,11,13,14);1H. The Balaban J connectivity index is 0. The monoisotopic (exact) mass is 296 g/mol. The van der Waals surface area contributed by atoms with Gasteiger partial charge in [0.05, 0.1) is 0 Å². The summed E-state index contributed by atoms with van der Waals surface area (Å²) in [4.78, 5) is 11.1. The van der Waals surface area contributed by atoms with Gasteiger partial charge in [-0.05, 0) is 12.7 Å². The molecule has 0 saturated heterocycles. The normalized spacial score (nSPS) is 12.8. The highest BCUT2D eigenvalue weighted by atomic mass is 35.5. The third-order valence-corrected chi connectivity index (χ3v) is 2.59. The van der Waals surface area contributed by atoms with Crippen LogP contribution in [0, 0.1) is 5.41 Å². The molecular weight excluding hydrogens is 274 g/mol. The number of carbonyl (C=O) groups is 1. The van der Waals surface area contributed by atoms with Crippen molar-refractivity contribution in [1.29, 1.82) is 5.41 Å². The first-order valence-electron chi connectivity index (χ1n) is 5.70. The van der Waals surface area contributed by atoms with Gasteiger partial charge >= 0.3 is 13.1 Å². The lowest BCUT2D eigenvalue weighted by Crippen LogP contribution is -2.57. The number of hydrogen-bond donors (Lipinski definition) is 7. The lowest BCUT2D eigenvalue weighted by molar-refractivity contribution is -0.143. The molecule has 0 amide bonds. The predicted molar refractivity (Wildman–Crippen MR) is 75.4 cm³/mol. The number of carboxylic acids is 1.